The maximum Gasteiger partial charge on any atom is 2.00 e. The fourth-order valence-electron chi connectivity index (χ4n) is 7.65. The van der Waals surface area contributed by atoms with Crippen molar-refractivity contribution in [3.8, 4) is 34.1 Å². The molecule has 3 heterocycles. The predicted molar refractivity (Wildman–Crippen MR) is 215 cm³/mol. The molecule has 7 rings (SSSR count). The van der Waals surface area contributed by atoms with Gasteiger partial charge in [0.15, 0.2) is 0 Å². The number of fused-ring (bicyclic) bond motifs is 3. The van der Waals surface area contributed by atoms with Crippen LogP contribution in [0.1, 0.15) is 82.2 Å². The van der Waals surface area contributed by atoms with E-state index < -0.39 is 0 Å². The number of ether oxygens (including phenoxy) is 1. The van der Waals surface area contributed by atoms with Gasteiger partial charge in [0.25, 0.3) is 0 Å². The molecule has 7 aromatic rings. The fourth-order valence-corrected chi connectivity index (χ4v) is 7.65. The first-order valence-corrected chi connectivity index (χ1v) is 19.0. The van der Waals surface area contributed by atoms with Crippen LogP contribution in [-0.4, -0.2) is 19.3 Å². The minimum atomic E-state index is 0. The van der Waals surface area contributed by atoms with Crippen molar-refractivity contribution in [2.24, 2.45) is 11.8 Å². The van der Waals surface area contributed by atoms with Crippen molar-refractivity contribution >= 4 is 21.8 Å². The summed E-state index contributed by atoms with van der Waals surface area (Å²) in [5.41, 5.74) is 12.6. The van der Waals surface area contributed by atoms with E-state index in [4.69, 9.17) is 14.8 Å². The van der Waals surface area contributed by atoms with Gasteiger partial charge in [-0.05, 0) is 107 Å². The third-order valence-corrected chi connectivity index (χ3v) is 9.77. The molecule has 0 N–H and O–H groups in total. The monoisotopic (exact) mass is 881 g/mol. The number of pyridine rings is 1. The molecule has 0 aliphatic rings. The first kappa shape index (κ1) is 38.3. The number of aromatic nitrogens is 4. The molecule has 0 radical (unpaired) electrons. The maximum atomic E-state index is 6.48. The van der Waals surface area contributed by atoms with E-state index in [-0.39, 0.29) is 21.1 Å². The molecule has 4 aromatic carbocycles. The van der Waals surface area contributed by atoms with Crippen molar-refractivity contribution in [1.29, 1.82) is 0 Å². The first-order chi connectivity index (χ1) is 25.2. The van der Waals surface area contributed by atoms with Gasteiger partial charge in [-0.15, -0.1) is 35.7 Å². The van der Waals surface area contributed by atoms with Crippen LogP contribution in [0.25, 0.3) is 44.4 Å². The van der Waals surface area contributed by atoms with E-state index in [0.717, 1.165) is 77.4 Å². The summed E-state index contributed by atoms with van der Waals surface area (Å²) in [4.78, 5) is 4.72. The van der Waals surface area contributed by atoms with Crippen LogP contribution in [0.3, 0.4) is 0 Å². The van der Waals surface area contributed by atoms with Gasteiger partial charge in [-0.2, -0.15) is 17.2 Å². The van der Waals surface area contributed by atoms with E-state index in [9.17, 15) is 0 Å². The second kappa shape index (κ2) is 16.7. The second-order valence-electron chi connectivity index (χ2n) is 15.0. The molecule has 5 nitrogen and oxygen atoms in total. The average molecular weight is 882 g/mol. The second-order valence-corrected chi connectivity index (χ2v) is 15.0. The molecule has 6 heteroatoms. The van der Waals surface area contributed by atoms with Crippen LogP contribution in [0.5, 0.6) is 11.5 Å². The van der Waals surface area contributed by atoms with Crippen molar-refractivity contribution in [2.75, 3.05) is 0 Å². The molecular weight excluding hydrogens is 832 g/mol. The molecule has 0 saturated heterocycles. The van der Waals surface area contributed by atoms with Gasteiger partial charge in [0.05, 0.1) is 6.20 Å². The van der Waals surface area contributed by atoms with Crippen LogP contribution in [0, 0.1) is 30.9 Å². The zero-order chi connectivity index (χ0) is 36.4. The summed E-state index contributed by atoms with van der Waals surface area (Å²) in [6.45, 7) is 16.0. The Morgan fingerprint density at radius 3 is 2.13 bits per heavy atom. The van der Waals surface area contributed by atoms with Gasteiger partial charge in [0.1, 0.15) is 5.82 Å². The molecule has 0 amide bonds. The van der Waals surface area contributed by atoms with Crippen molar-refractivity contribution in [2.45, 2.75) is 87.0 Å². The minimum Gasteiger partial charge on any atom is -0.509 e. The Kier molecular flexibility index (Phi) is 12.0. The smallest absolute Gasteiger partial charge is 0.509 e. The van der Waals surface area contributed by atoms with E-state index >= 15 is 0 Å². The van der Waals surface area contributed by atoms with Crippen LogP contribution in [0.2, 0.25) is 0 Å². The first-order valence-electron chi connectivity index (χ1n) is 19.0. The van der Waals surface area contributed by atoms with Crippen LogP contribution in [0.15, 0.2) is 91.4 Å². The quantitative estimate of drug-likeness (QED) is 0.108. The zero-order valence-electron chi connectivity index (χ0n) is 32.1. The minimum absolute atomic E-state index is 0. The van der Waals surface area contributed by atoms with Gasteiger partial charge in [0.2, 0.25) is 0 Å². The van der Waals surface area contributed by atoms with Gasteiger partial charge in [-0.25, -0.2) is 4.98 Å². The molecule has 0 atom stereocenters. The van der Waals surface area contributed by atoms with Crippen molar-refractivity contribution in [1.82, 2.24) is 19.3 Å². The largest absolute Gasteiger partial charge is 2.00 e. The van der Waals surface area contributed by atoms with Crippen molar-refractivity contribution in [3.05, 3.63) is 131 Å². The Bertz CT molecular complexity index is 2310. The molecule has 3 aromatic heterocycles. The van der Waals surface area contributed by atoms with Crippen LogP contribution in [0.4, 0.5) is 0 Å². The number of benzene rings is 4. The summed E-state index contributed by atoms with van der Waals surface area (Å²) in [6, 6.07) is 32.2. The Morgan fingerprint density at radius 2 is 1.45 bits per heavy atom. The van der Waals surface area contributed by atoms with Gasteiger partial charge in [-0.3, -0.25) is 4.68 Å². The van der Waals surface area contributed by atoms with Crippen LogP contribution in [-0.2, 0) is 46.7 Å². The van der Waals surface area contributed by atoms with Gasteiger partial charge in [-0.1, -0.05) is 84.2 Å². The fraction of sp³-hybridized carbons (Fsp3) is 0.319. The normalized spacial score (nSPS) is 11.6. The zero-order valence-corrected chi connectivity index (χ0v) is 34.3. The number of rotatable bonds is 13. The molecule has 0 aliphatic heterocycles. The number of para-hydroxylation sites is 1. The summed E-state index contributed by atoms with van der Waals surface area (Å²) in [6.07, 6.45) is 12.7. The molecule has 0 aliphatic carbocycles. The standard InChI is InChI=1S/C47H50N4O.Pt/c1-8-13-34-26-35(14-9-2)43(24-32(5)6)47(42(34)23-31(3)4)36-29-49-50(30-36)37-15-12-16-38(27-37)52-39-19-20-41-40-17-10-11-18-44(40)51(45(41)28-39)46-25-33(7)21-22-48-46;/h10-12,15-22,25-26,29-32H,8-9,13-14,23-24H2,1-7H3;/q-2;+2. The molecule has 0 bridgehead atoms. The molecule has 0 fully saturated rings. The van der Waals surface area contributed by atoms with Crippen molar-refractivity contribution < 1.29 is 25.8 Å². The number of nitrogens with zero attached hydrogens (tertiary/aromatic N) is 4. The summed E-state index contributed by atoms with van der Waals surface area (Å²) < 4.78 is 10.6. The third kappa shape index (κ3) is 8.06. The summed E-state index contributed by atoms with van der Waals surface area (Å²) in [5.74, 6) is 3.20. The summed E-state index contributed by atoms with van der Waals surface area (Å²) in [7, 11) is 0. The van der Waals surface area contributed by atoms with Gasteiger partial charge < -0.3 is 9.30 Å². The Balaban J connectivity index is 0.00000481. The van der Waals surface area contributed by atoms with Crippen LogP contribution >= 0.6 is 0 Å². The molecule has 0 unspecified atom stereocenters. The van der Waals surface area contributed by atoms with Crippen LogP contribution < -0.4 is 4.74 Å². The van der Waals surface area contributed by atoms with E-state index in [0.29, 0.717) is 23.3 Å². The van der Waals surface area contributed by atoms with E-state index in [1.165, 1.54) is 33.4 Å². The average Bonchev–Trinajstić information content (AvgIpc) is 3.73. The van der Waals surface area contributed by atoms with E-state index in [1.54, 1.807) is 0 Å². The number of hydrogen-bond donors (Lipinski definition) is 0. The van der Waals surface area contributed by atoms with E-state index in [1.807, 2.05) is 41.2 Å². The summed E-state index contributed by atoms with van der Waals surface area (Å²) in [5, 5.41) is 7.19. The van der Waals surface area contributed by atoms with E-state index in [2.05, 4.69) is 120 Å². The SMILES string of the molecule is CCCc1cc(CCC)c(CC(C)C)c(-c2cnn(-c3[c-]c(Oc4[c-]c5c(cc4)c4ccccc4n5-c4cc(C)ccn4)ccc3)c2)c1CC(C)C.[Pt+2]. The van der Waals surface area contributed by atoms with Gasteiger partial charge >= 0.3 is 21.1 Å². The Hall–Kier alpha value is -4.47. The number of hydrogen-bond acceptors (Lipinski definition) is 3. The molecule has 0 saturated carbocycles. The van der Waals surface area contributed by atoms with Crippen molar-refractivity contribution in [3.63, 3.8) is 0 Å². The molecule has 0 spiro atoms. The Morgan fingerprint density at radius 1 is 0.755 bits per heavy atom. The molecular formula is C47H50N4OPt. The maximum absolute atomic E-state index is 6.48. The molecule has 274 valence electrons. The van der Waals surface area contributed by atoms with Gasteiger partial charge in [0, 0.05) is 35.0 Å². The third-order valence-electron chi connectivity index (χ3n) is 9.77. The number of aryl methyl sites for hydroxylation is 3. The predicted octanol–water partition coefficient (Wildman–Crippen LogP) is 12.0. The topological polar surface area (TPSA) is 44.9 Å². The summed E-state index contributed by atoms with van der Waals surface area (Å²) >= 11 is 0. The molecule has 53 heavy (non-hydrogen) atoms. The Labute approximate surface area is 329 Å².